The molecule has 0 fully saturated rings. The van der Waals surface area contributed by atoms with Crippen LogP contribution in [-0.4, -0.2) is 48.8 Å². The molecule has 1 aliphatic rings. The van der Waals surface area contributed by atoms with Crippen LogP contribution in [-0.2, 0) is 9.53 Å². The summed E-state index contributed by atoms with van der Waals surface area (Å²) >= 11 is 0. The van der Waals surface area contributed by atoms with E-state index in [0.29, 0.717) is 37.6 Å². The normalized spacial score (nSPS) is 18.8. The molecule has 2 rings (SSSR count). The maximum Gasteiger partial charge on any atom is 0.252 e. The molecule has 0 saturated heterocycles. The molecule has 1 amide bonds. The van der Waals surface area contributed by atoms with E-state index in [4.69, 9.17) is 14.6 Å². The minimum absolute atomic E-state index is 0.0992. The number of hydrogen-bond acceptors (Lipinski definition) is 5. The van der Waals surface area contributed by atoms with Crippen molar-refractivity contribution in [3.63, 3.8) is 0 Å². The van der Waals surface area contributed by atoms with Crippen molar-refractivity contribution >= 4 is 11.8 Å². The molecular weight excluding hydrogens is 320 g/mol. The van der Waals surface area contributed by atoms with Gasteiger partial charge in [0.25, 0.3) is 5.91 Å². The number of carbonyl (C=O) groups is 1. The van der Waals surface area contributed by atoms with Gasteiger partial charge in [0.1, 0.15) is 12.4 Å². The Labute approximate surface area is 147 Å². The van der Waals surface area contributed by atoms with Crippen LogP contribution in [0.25, 0.3) is 0 Å². The first-order valence-electron chi connectivity index (χ1n) is 8.22. The fraction of sp³-hybridized carbons (Fsp3) is 0.368. The van der Waals surface area contributed by atoms with Crippen LogP contribution in [0, 0.1) is 0 Å². The first-order chi connectivity index (χ1) is 12.1. The Kier molecular flexibility index (Phi) is 6.77. The van der Waals surface area contributed by atoms with Crippen molar-refractivity contribution in [3.05, 3.63) is 55.1 Å². The van der Waals surface area contributed by atoms with Crippen molar-refractivity contribution in [2.24, 2.45) is 4.99 Å². The van der Waals surface area contributed by atoms with Crippen molar-refractivity contribution in [2.45, 2.75) is 18.4 Å². The van der Waals surface area contributed by atoms with Gasteiger partial charge >= 0.3 is 0 Å². The largest absolute Gasteiger partial charge is 0.494 e. The van der Waals surface area contributed by atoms with Gasteiger partial charge < -0.3 is 19.9 Å². The average Bonchev–Trinajstić information content (AvgIpc) is 3.06. The zero-order valence-electron chi connectivity index (χ0n) is 14.2. The van der Waals surface area contributed by atoms with Crippen molar-refractivity contribution in [1.82, 2.24) is 5.32 Å². The van der Waals surface area contributed by atoms with Crippen LogP contribution in [0.3, 0.4) is 0 Å². The van der Waals surface area contributed by atoms with Crippen LogP contribution < -0.4 is 10.1 Å². The summed E-state index contributed by atoms with van der Waals surface area (Å²) in [6.45, 7) is 8.42. The molecule has 6 nitrogen and oxygen atoms in total. The second-order valence-electron chi connectivity index (χ2n) is 5.68. The second kappa shape index (κ2) is 9.03. The molecule has 6 heteroatoms. The highest BCUT2D eigenvalue weighted by Crippen LogP contribution is 2.27. The Morgan fingerprint density at radius 1 is 1.36 bits per heavy atom. The van der Waals surface area contributed by atoms with E-state index in [9.17, 15) is 4.79 Å². The van der Waals surface area contributed by atoms with Crippen molar-refractivity contribution in [1.29, 1.82) is 0 Å². The summed E-state index contributed by atoms with van der Waals surface area (Å²) in [5, 5.41) is 11.5. The van der Waals surface area contributed by atoms with Crippen LogP contribution in [0.15, 0.2) is 54.6 Å². The Hall–Kier alpha value is -2.60. The Morgan fingerprint density at radius 2 is 2.12 bits per heavy atom. The molecule has 134 valence electrons. The Bertz CT molecular complexity index is 639. The Morgan fingerprint density at radius 3 is 2.76 bits per heavy atom. The SMILES string of the molecule is C=CCNC(=O)[C@@]1(CC=C)COC(c2ccc(OCCCO)cc2)=N1. The van der Waals surface area contributed by atoms with Crippen molar-refractivity contribution in [2.75, 3.05) is 26.4 Å². The highest BCUT2D eigenvalue weighted by Gasteiger charge is 2.43. The molecule has 2 N–H and O–H groups in total. The maximum absolute atomic E-state index is 12.5. The van der Waals surface area contributed by atoms with Crippen LogP contribution in [0.5, 0.6) is 5.75 Å². The predicted molar refractivity (Wildman–Crippen MR) is 96.9 cm³/mol. The number of amides is 1. The first kappa shape index (κ1) is 18.7. The summed E-state index contributed by atoms with van der Waals surface area (Å²) in [6, 6.07) is 7.28. The quantitative estimate of drug-likeness (QED) is 0.501. The summed E-state index contributed by atoms with van der Waals surface area (Å²) in [7, 11) is 0. The first-order valence-corrected chi connectivity index (χ1v) is 8.22. The van der Waals surface area contributed by atoms with Gasteiger partial charge in [-0.25, -0.2) is 4.99 Å². The molecule has 1 aliphatic heterocycles. The summed E-state index contributed by atoms with van der Waals surface area (Å²) < 4.78 is 11.2. The van der Waals surface area contributed by atoms with Gasteiger partial charge in [-0.2, -0.15) is 0 Å². The summed E-state index contributed by atoms with van der Waals surface area (Å²) in [5.41, 5.74) is -0.215. The molecule has 0 aromatic heterocycles. The molecule has 25 heavy (non-hydrogen) atoms. The van der Waals surface area contributed by atoms with Crippen LogP contribution in [0.4, 0.5) is 0 Å². The lowest BCUT2D eigenvalue weighted by atomic mass is 9.96. The van der Waals surface area contributed by atoms with Crippen molar-refractivity contribution in [3.8, 4) is 5.75 Å². The molecule has 0 bridgehead atoms. The minimum atomic E-state index is -0.990. The number of ether oxygens (including phenoxy) is 2. The molecule has 0 saturated carbocycles. The van der Waals surface area contributed by atoms with Gasteiger partial charge in [-0.05, 0) is 24.3 Å². The summed E-state index contributed by atoms with van der Waals surface area (Å²) in [6.07, 6.45) is 4.26. The summed E-state index contributed by atoms with van der Waals surface area (Å²) in [5.74, 6) is 0.931. The molecule has 0 spiro atoms. The number of aliphatic hydroxyl groups is 1. The number of nitrogens with zero attached hydrogens (tertiary/aromatic N) is 1. The molecule has 0 unspecified atom stereocenters. The number of carbonyl (C=O) groups excluding carboxylic acids is 1. The Balaban J connectivity index is 2.13. The van der Waals surface area contributed by atoms with E-state index >= 15 is 0 Å². The minimum Gasteiger partial charge on any atom is -0.494 e. The third-order valence-corrected chi connectivity index (χ3v) is 3.75. The number of rotatable bonds is 10. The third-order valence-electron chi connectivity index (χ3n) is 3.75. The average molecular weight is 344 g/mol. The highest BCUT2D eigenvalue weighted by atomic mass is 16.5. The maximum atomic E-state index is 12.5. The lowest BCUT2D eigenvalue weighted by Crippen LogP contribution is -2.46. The monoisotopic (exact) mass is 344 g/mol. The van der Waals surface area contributed by atoms with Gasteiger partial charge in [0, 0.05) is 31.6 Å². The van der Waals surface area contributed by atoms with E-state index in [1.54, 1.807) is 12.2 Å². The predicted octanol–water partition coefficient (Wildman–Crippen LogP) is 1.84. The van der Waals surface area contributed by atoms with Gasteiger partial charge in [-0.15, -0.1) is 13.2 Å². The zero-order valence-corrected chi connectivity index (χ0v) is 14.2. The fourth-order valence-electron chi connectivity index (χ4n) is 2.42. The molecular formula is C19H24N2O4. The number of aliphatic imine (C=N–C) groups is 1. The lowest BCUT2D eigenvalue weighted by Gasteiger charge is -2.20. The van der Waals surface area contributed by atoms with Crippen LogP contribution in [0.1, 0.15) is 18.4 Å². The van der Waals surface area contributed by atoms with Gasteiger partial charge in [0.15, 0.2) is 5.54 Å². The molecule has 0 radical (unpaired) electrons. The third kappa shape index (κ3) is 4.70. The van der Waals surface area contributed by atoms with E-state index in [1.807, 2.05) is 24.3 Å². The highest BCUT2D eigenvalue weighted by molar-refractivity contribution is 6.00. The number of hydrogen-bond donors (Lipinski definition) is 2. The molecule has 1 atom stereocenters. The van der Waals surface area contributed by atoms with Gasteiger partial charge in [-0.1, -0.05) is 12.2 Å². The number of aliphatic hydroxyl groups excluding tert-OH is 1. The second-order valence-corrected chi connectivity index (χ2v) is 5.68. The van der Waals surface area contributed by atoms with Crippen LogP contribution >= 0.6 is 0 Å². The smallest absolute Gasteiger partial charge is 0.252 e. The van der Waals surface area contributed by atoms with E-state index in [1.165, 1.54) is 0 Å². The van der Waals surface area contributed by atoms with E-state index < -0.39 is 5.54 Å². The summed E-state index contributed by atoms with van der Waals surface area (Å²) in [4.78, 5) is 17.0. The van der Waals surface area contributed by atoms with Gasteiger partial charge in [0.05, 0.1) is 6.61 Å². The number of nitrogens with one attached hydrogen (secondary N) is 1. The molecule has 1 heterocycles. The van der Waals surface area contributed by atoms with E-state index in [2.05, 4.69) is 23.5 Å². The van der Waals surface area contributed by atoms with Gasteiger partial charge in [0.2, 0.25) is 5.90 Å². The molecule has 1 aromatic carbocycles. The standard InChI is InChI=1S/C19H24N2O4/c1-3-10-19(18(23)20-11-4-2)14-25-17(21-19)15-6-8-16(9-7-15)24-13-5-12-22/h3-4,6-9,22H,1-2,5,10-14H2,(H,20,23)/t19-/m1/s1. The number of benzene rings is 1. The van der Waals surface area contributed by atoms with E-state index in [-0.39, 0.29) is 19.1 Å². The van der Waals surface area contributed by atoms with E-state index in [0.717, 1.165) is 5.56 Å². The van der Waals surface area contributed by atoms with Gasteiger partial charge in [-0.3, -0.25) is 4.79 Å². The van der Waals surface area contributed by atoms with Crippen LogP contribution in [0.2, 0.25) is 0 Å². The fourth-order valence-corrected chi connectivity index (χ4v) is 2.42. The topological polar surface area (TPSA) is 80.2 Å². The molecule has 1 aromatic rings. The molecule has 0 aliphatic carbocycles. The zero-order chi connectivity index (χ0) is 18.1. The van der Waals surface area contributed by atoms with Crippen molar-refractivity contribution < 1.29 is 19.4 Å². The lowest BCUT2D eigenvalue weighted by molar-refractivity contribution is -0.126.